The molecule has 0 heterocycles. The molecule has 174 valence electrons. The van der Waals surface area contributed by atoms with Crippen molar-refractivity contribution in [3.05, 3.63) is 88.4 Å². The number of urea groups is 1. The third-order valence-electron chi connectivity index (χ3n) is 4.72. The Morgan fingerprint density at radius 1 is 1.00 bits per heavy atom. The van der Waals surface area contributed by atoms with Gasteiger partial charge in [-0.2, -0.15) is 0 Å². The SMILES string of the molecule is CC(C(O)c1cccc(OC(F)(F)F)c1)N(C(=O)Nc1ccc(Cl)cc1)c1ccc(Cl)cc1. The van der Waals surface area contributed by atoms with Gasteiger partial charge in [-0.05, 0) is 73.2 Å². The highest BCUT2D eigenvalue weighted by atomic mass is 35.5. The van der Waals surface area contributed by atoms with Crippen LogP contribution in [0, 0.1) is 0 Å². The molecule has 2 amide bonds. The number of nitrogens with one attached hydrogen (secondary N) is 1. The van der Waals surface area contributed by atoms with Crippen LogP contribution in [0.25, 0.3) is 0 Å². The maximum atomic E-state index is 13.2. The third-order valence-corrected chi connectivity index (χ3v) is 5.22. The van der Waals surface area contributed by atoms with Gasteiger partial charge in [0.25, 0.3) is 0 Å². The van der Waals surface area contributed by atoms with Crippen molar-refractivity contribution in [2.45, 2.75) is 25.4 Å². The predicted molar refractivity (Wildman–Crippen MR) is 122 cm³/mol. The molecule has 0 aliphatic carbocycles. The number of carbonyl (C=O) groups excluding carboxylic acids is 1. The van der Waals surface area contributed by atoms with E-state index >= 15 is 0 Å². The number of hydrogen-bond acceptors (Lipinski definition) is 3. The molecule has 3 aromatic carbocycles. The number of aliphatic hydroxyl groups excluding tert-OH is 1. The lowest BCUT2D eigenvalue weighted by Gasteiger charge is -2.33. The summed E-state index contributed by atoms with van der Waals surface area (Å²) in [7, 11) is 0. The first kappa shape index (κ1) is 24.7. The number of anilines is 2. The average Bonchev–Trinajstić information content (AvgIpc) is 2.75. The third kappa shape index (κ3) is 6.77. The van der Waals surface area contributed by atoms with Crippen molar-refractivity contribution in [3.8, 4) is 5.75 Å². The Kier molecular flexibility index (Phi) is 7.73. The van der Waals surface area contributed by atoms with Crippen molar-refractivity contribution in [1.29, 1.82) is 0 Å². The van der Waals surface area contributed by atoms with E-state index in [2.05, 4.69) is 10.1 Å². The Labute approximate surface area is 198 Å². The highest BCUT2D eigenvalue weighted by molar-refractivity contribution is 6.31. The minimum Gasteiger partial charge on any atom is -0.406 e. The van der Waals surface area contributed by atoms with Crippen LogP contribution in [0.15, 0.2) is 72.8 Å². The number of ether oxygens (including phenoxy) is 1. The van der Waals surface area contributed by atoms with Gasteiger partial charge in [0.2, 0.25) is 0 Å². The van der Waals surface area contributed by atoms with Gasteiger partial charge in [-0.15, -0.1) is 13.2 Å². The number of amides is 2. The first-order valence-electron chi connectivity index (χ1n) is 9.68. The number of alkyl halides is 3. The Hall–Kier alpha value is -2.94. The highest BCUT2D eigenvalue weighted by Gasteiger charge is 2.32. The molecule has 0 saturated heterocycles. The molecule has 10 heteroatoms. The quantitative estimate of drug-likeness (QED) is 0.382. The lowest BCUT2D eigenvalue weighted by atomic mass is 10.0. The van der Waals surface area contributed by atoms with E-state index in [1.807, 2.05) is 0 Å². The van der Waals surface area contributed by atoms with Crippen molar-refractivity contribution in [2.75, 3.05) is 10.2 Å². The standard InChI is InChI=1S/C23H19Cl2F3N2O3/c1-14(21(31)15-3-2-4-20(13-15)33-23(26,27)28)30(19-11-7-17(25)8-12-19)22(32)29-18-9-5-16(24)6-10-18/h2-14,21,31H,1H3,(H,29,32). The molecule has 2 N–H and O–H groups in total. The van der Waals surface area contributed by atoms with E-state index < -0.39 is 30.3 Å². The van der Waals surface area contributed by atoms with Crippen molar-refractivity contribution in [1.82, 2.24) is 0 Å². The van der Waals surface area contributed by atoms with Gasteiger partial charge in [-0.1, -0.05) is 35.3 Å². The molecule has 33 heavy (non-hydrogen) atoms. The van der Waals surface area contributed by atoms with E-state index in [9.17, 15) is 23.1 Å². The molecule has 0 bridgehead atoms. The van der Waals surface area contributed by atoms with Crippen LogP contribution in [0.2, 0.25) is 10.0 Å². The summed E-state index contributed by atoms with van der Waals surface area (Å²) in [6.45, 7) is 1.57. The topological polar surface area (TPSA) is 61.8 Å². The summed E-state index contributed by atoms with van der Waals surface area (Å²) in [6.07, 6.45) is -6.21. The largest absolute Gasteiger partial charge is 0.573 e. The van der Waals surface area contributed by atoms with Crippen LogP contribution in [0.3, 0.4) is 0 Å². The zero-order valence-electron chi connectivity index (χ0n) is 17.2. The number of nitrogens with zero attached hydrogens (tertiary/aromatic N) is 1. The summed E-state index contributed by atoms with van der Waals surface area (Å²) in [4.78, 5) is 14.5. The number of aliphatic hydroxyl groups is 1. The van der Waals surface area contributed by atoms with E-state index in [0.717, 1.165) is 12.1 Å². The number of rotatable bonds is 6. The summed E-state index contributed by atoms with van der Waals surface area (Å²) >= 11 is 11.8. The zero-order valence-corrected chi connectivity index (χ0v) is 18.7. The maximum absolute atomic E-state index is 13.2. The highest BCUT2D eigenvalue weighted by Crippen LogP contribution is 2.31. The van der Waals surface area contributed by atoms with E-state index in [1.54, 1.807) is 55.5 Å². The Balaban J connectivity index is 1.90. The van der Waals surface area contributed by atoms with Crippen LogP contribution < -0.4 is 15.0 Å². The summed E-state index contributed by atoms with van der Waals surface area (Å²) in [5, 5.41) is 14.6. The van der Waals surface area contributed by atoms with Crippen LogP contribution in [0.1, 0.15) is 18.6 Å². The molecule has 2 unspecified atom stereocenters. The second kappa shape index (κ2) is 10.3. The van der Waals surface area contributed by atoms with Gasteiger partial charge in [0.15, 0.2) is 0 Å². The molecule has 0 spiro atoms. The van der Waals surface area contributed by atoms with Gasteiger partial charge in [-0.3, -0.25) is 4.90 Å². The first-order chi connectivity index (χ1) is 15.5. The lowest BCUT2D eigenvalue weighted by Crippen LogP contribution is -2.44. The number of halogens is 5. The fourth-order valence-corrected chi connectivity index (χ4v) is 3.42. The molecular formula is C23H19Cl2F3N2O3. The summed E-state index contributed by atoms with van der Waals surface area (Å²) in [5.74, 6) is -0.477. The minimum absolute atomic E-state index is 0.141. The smallest absolute Gasteiger partial charge is 0.406 e. The van der Waals surface area contributed by atoms with Gasteiger partial charge in [-0.25, -0.2) is 4.79 Å². The van der Waals surface area contributed by atoms with E-state index in [0.29, 0.717) is 21.4 Å². The van der Waals surface area contributed by atoms with E-state index in [4.69, 9.17) is 23.2 Å². The van der Waals surface area contributed by atoms with Crippen LogP contribution in [0.5, 0.6) is 5.75 Å². The number of benzene rings is 3. The molecule has 0 saturated carbocycles. The van der Waals surface area contributed by atoms with Crippen molar-refractivity contribution >= 4 is 40.6 Å². The maximum Gasteiger partial charge on any atom is 0.573 e. The van der Waals surface area contributed by atoms with E-state index in [-0.39, 0.29) is 5.56 Å². The lowest BCUT2D eigenvalue weighted by molar-refractivity contribution is -0.274. The normalized spacial score (nSPS) is 13.2. The van der Waals surface area contributed by atoms with Crippen molar-refractivity contribution in [3.63, 3.8) is 0 Å². The van der Waals surface area contributed by atoms with Crippen LogP contribution >= 0.6 is 23.2 Å². The zero-order chi connectivity index (χ0) is 24.2. The minimum atomic E-state index is -4.87. The van der Waals surface area contributed by atoms with Crippen LogP contribution in [-0.4, -0.2) is 23.5 Å². The Morgan fingerprint density at radius 2 is 1.58 bits per heavy atom. The molecule has 2 atom stereocenters. The van der Waals surface area contributed by atoms with E-state index in [1.165, 1.54) is 17.0 Å². The number of hydrogen-bond donors (Lipinski definition) is 2. The first-order valence-corrected chi connectivity index (χ1v) is 10.4. The van der Waals surface area contributed by atoms with Gasteiger partial charge >= 0.3 is 12.4 Å². The number of carbonyl (C=O) groups is 1. The van der Waals surface area contributed by atoms with Crippen LogP contribution in [0.4, 0.5) is 29.3 Å². The molecule has 3 rings (SSSR count). The molecule has 0 aromatic heterocycles. The molecule has 5 nitrogen and oxygen atoms in total. The Morgan fingerprint density at radius 3 is 2.15 bits per heavy atom. The van der Waals surface area contributed by atoms with Crippen molar-refractivity contribution in [2.24, 2.45) is 0 Å². The monoisotopic (exact) mass is 498 g/mol. The second-order valence-corrected chi connectivity index (χ2v) is 7.96. The average molecular weight is 499 g/mol. The molecule has 0 fully saturated rings. The van der Waals surface area contributed by atoms with Crippen molar-refractivity contribution < 1.29 is 27.8 Å². The molecule has 0 aliphatic rings. The van der Waals surface area contributed by atoms with Crippen LogP contribution in [-0.2, 0) is 0 Å². The van der Waals surface area contributed by atoms with Gasteiger partial charge in [0, 0.05) is 21.4 Å². The summed E-state index contributed by atoms with van der Waals surface area (Å²) < 4.78 is 41.7. The fourth-order valence-electron chi connectivity index (χ4n) is 3.17. The Bertz CT molecular complexity index is 1090. The molecule has 3 aromatic rings. The van der Waals surface area contributed by atoms with Gasteiger partial charge < -0.3 is 15.2 Å². The summed E-state index contributed by atoms with van der Waals surface area (Å²) in [5.41, 5.74) is 1.02. The molecule has 0 aliphatic heterocycles. The van der Waals surface area contributed by atoms with Gasteiger partial charge in [0.05, 0.1) is 12.1 Å². The second-order valence-electron chi connectivity index (χ2n) is 7.09. The molecule has 0 radical (unpaired) electrons. The predicted octanol–water partition coefficient (Wildman–Crippen LogP) is 7.05. The summed E-state index contributed by atoms with van der Waals surface area (Å²) in [6, 6.07) is 16.3. The van der Waals surface area contributed by atoms with Gasteiger partial charge in [0.1, 0.15) is 5.75 Å². The molecular weight excluding hydrogens is 480 g/mol. The fraction of sp³-hybridized carbons (Fsp3) is 0.174.